The van der Waals surface area contributed by atoms with Crippen LogP contribution in [0.5, 0.6) is 0 Å². The molecular formula is C11H19BrN4. The van der Waals surface area contributed by atoms with Crippen LogP contribution in [0.3, 0.4) is 0 Å². The molecule has 1 aliphatic rings. The molecule has 0 aromatic carbocycles. The molecule has 1 aromatic heterocycles. The van der Waals surface area contributed by atoms with Gasteiger partial charge in [0.05, 0.1) is 22.4 Å². The number of nitrogens with one attached hydrogen (secondary N) is 1. The number of halogens is 1. The fraction of sp³-hybridized carbons (Fsp3) is 0.727. The Morgan fingerprint density at radius 2 is 2.38 bits per heavy atom. The number of aryl methyl sites for hydroxylation is 1. The maximum atomic E-state index is 5.72. The molecule has 1 aliphatic carbocycles. The quantitative estimate of drug-likeness (QED) is 0.661. The van der Waals surface area contributed by atoms with Crippen molar-refractivity contribution in [3.8, 4) is 0 Å². The van der Waals surface area contributed by atoms with Crippen LogP contribution in [0.1, 0.15) is 37.9 Å². The van der Waals surface area contributed by atoms with E-state index in [4.69, 9.17) is 5.84 Å². The highest BCUT2D eigenvalue weighted by Gasteiger charge is 2.31. The van der Waals surface area contributed by atoms with Crippen LogP contribution < -0.4 is 11.3 Å². The molecule has 2 rings (SSSR count). The summed E-state index contributed by atoms with van der Waals surface area (Å²) in [6.45, 7) is 2.31. The highest BCUT2D eigenvalue weighted by Crippen LogP contribution is 2.40. The molecule has 0 aliphatic heterocycles. The average Bonchev–Trinajstić information content (AvgIpc) is 2.80. The zero-order valence-electron chi connectivity index (χ0n) is 9.78. The van der Waals surface area contributed by atoms with Gasteiger partial charge >= 0.3 is 0 Å². The van der Waals surface area contributed by atoms with E-state index >= 15 is 0 Å². The summed E-state index contributed by atoms with van der Waals surface area (Å²) in [7, 11) is 1.96. The van der Waals surface area contributed by atoms with Crippen molar-refractivity contribution >= 4 is 15.9 Å². The molecule has 0 amide bonds. The molecule has 1 heterocycles. The number of nitrogens with two attached hydrogens (primary N) is 1. The van der Waals surface area contributed by atoms with E-state index in [0.717, 1.165) is 16.1 Å². The van der Waals surface area contributed by atoms with Gasteiger partial charge in [0, 0.05) is 7.05 Å². The standard InChI is InChI=1S/C11H19BrN4/c1-7-3-4-8(5-7)10(15-13)11-9(12)6-14-16(11)2/h6-8,10,15H,3-5,13H2,1-2H3. The molecule has 4 nitrogen and oxygen atoms in total. The minimum atomic E-state index is 0.201. The van der Waals surface area contributed by atoms with Crippen molar-refractivity contribution in [1.29, 1.82) is 0 Å². The molecule has 0 bridgehead atoms. The van der Waals surface area contributed by atoms with Gasteiger partial charge in [-0.2, -0.15) is 5.10 Å². The van der Waals surface area contributed by atoms with Crippen LogP contribution in [0.15, 0.2) is 10.7 Å². The van der Waals surface area contributed by atoms with Crippen molar-refractivity contribution in [3.63, 3.8) is 0 Å². The van der Waals surface area contributed by atoms with Crippen LogP contribution in [0.25, 0.3) is 0 Å². The van der Waals surface area contributed by atoms with Gasteiger partial charge in [-0.25, -0.2) is 0 Å². The summed E-state index contributed by atoms with van der Waals surface area (Å²) in [6, 6.07) is 0.201. The third-order valence-corrected chi connectivity index (χ3v) is 4.23. The number of hydrazine groups is 1. The largest absolute Gasteiger partial charge is 0.271 e. The number of rotatable bonds is 3. The Morgan fingerprint density at radius 3 is 2.81 bits per heavy atom. The van der Waals surface area contributed by atoms with Crippen LogP contribution >= 0.6 is 15.9 Å². The summed E-state index contributed by atoms with van der Waals surface area (Å²) in [4.78, 5) is 0. The second-order valence-electron chi connectivity index (χ2n) is 4.82. The van der Waals surface area contributed by atoms with Crippen molar-refractivity contribution < 1.29 is 0 Å². The van der Waals surface area contributed by atoms with Crippen molar-refractivity contribution in [1.82, 2.24) is 15.2 Å². The fourth-order valence-corrected chi connectivity index (χ4v) is 3.36. The summed E-state index contributed by atoms with van der Waals surface area (Å²) in [5.41, 5.74) is 4.11. The lowest BCUT2D eigenvalue weighted by Gasteiger charge is -2.23. The maximum Gasteiger partial charge on any atom is 0.0708 e. The predicted molar refractivity (Wildman–Crippen MR) is 67.5 cm³/mol. The molecule has 1 aromatic rings. The Morgan fingerprint density at radius 1 is 1.62 bits per heavy atom. The van der Waals surface area contributed by atoms with Gasteiger partial charge in [0.15, 0.2) is 0 Å². The Kier molecular flexibility index (Phi) is 3.66. The van der Waals surface area contributed by atoms with E-state index in [2.05, 4.69) is 33.4 Å². The van der Waals surface area contributed by atoms with Crippen molar-refractivity contribution in [2.75, 3.05) is 0 Å². The normalized spacial score (nSPS) is 27.2. The second kappa shape index (κ2) is 4.85. The molecule has 1 saturated carbocycles. The minimum Gasteiger partial charge on any atom is -0.271 e. The first-order valence-electron chi connectivity index (χ1n) is 5.77. The lowest BCUT2D eigenvalue weighted by Crippen LogP contribution is -2.34. The molecule has 3 unspecified atom stereocenters. The number of hydrogen-bond acceptors (Lipinski definition) is 3. The fourth-order valence-electron chi connectivity index (χ4n) is 2.76. The molecular weight excluding hydrogens is 268 g/mol. The minimum absolute atomic E-state index is 0.201. The summed E-state index contributed by atoms with van der Waals surface area (Å²) < 4.78 is 2.94. The Bertz CT molecular complexity index is 343. The van der Waals surface area contributed by atoms with Crippen LogP contribution in [-0.2, 0) is 7.05 Å². The van der Waals surface area contributed by atoms with Crippen molar-refractivity contribution in [3.05, 3.63) is 16.4 Å². The predicted octanol–water partition coefficient (Wildman–Crippen LogP) is 2.12. The summed E-state index contributed by atoms with van der Waals surface area (Å²) in [5, 5.41) is 4.25. The maximum absolute atomic E-state index is 5.72. The summed E-state index contributed by atoms with van der Waals surface area (Å²) in [6.07, 6.45) is 5.62. The van der Waals surface area contributed by atoms with Crippen molar-refractivity contribution in [2.45, 2.75) is 32.2 Å². The van der Waals surface area contributed by atoms with Crippen LogP contribution in [-0.4, -0.2) is 9.78 Å². The summed E-state index contributed by atoms with van der Waals surface area (Å²) >= 11 is 3.54. The van der Waals surface area contributed by atoms with Crippen LogP contribution in [0.4, 0.5) is 0 Å². The molecule has 1 fully saturated rings. The smallest absolute Gasteiger partial charge is 0.0708 e. The molecule has 90 valence electrons. The van der Waals surface area contributed by atoms with Gasteiger partial charge in [-0.05, 0) is 40.6 Å². The zero-order valence-corrected chi connectivity index (χ0v) is 11.4. The van der Waals surface area contributed by atoms with E-state index in [1.807, 2.05) is 17.9 Å². The molecule has 16 heavy (non-hydrogen) atoms. The van der Waals surface area contributed by atoms with E-state index in [-0.39, 0.29) is 6.04 Å². The summed E-state index contributed by atoms with van der Waals surface area (Å²) in [5.74, 6) is 7.15. The number of aromatic nitrogens is 2. The SMILES string of the molecule is CC1CCC(C(NN)c2c(Br)cnn2C)C1. The monoisotopic (exact) mass is 286 g/mol. The van der Waals surface area contributed by atoms with E-state index in [1.54, 1.807) is 0 Å². The van der Waals surface area contributed by atoms with Crippen LogP contribution in [0, 0.1) is 11.8 Å². The Hall–Kier alpha value is -0.390. The van der Waals surface area contributed by atoms with Crippen LogP contribution in [0.2, 0.25) is 0 Å². The van der Waals surface area contributed by atoms with Crippen molar-refractivity contribution in [2.24, 2.45) is 24.7 Å². The average molecular weight is 287 g/mol. The van der Waals surface area contributed by atoms with E-state index in [1.165, 1.54) is 19.3 Å². The lowest BCUT2D eigenvalue weighted by molar-refractivity contribution is 0.346. The molecule has 5 heteroatoms. The first kappa shape index (κ1) is 12.1. The second-order valence-corrected chi connectivity index (χ2v) is 5.68. The first-order chi connectivity index (χ1) is 7.63. The van der Waals surface area contributed by atoms with Gasteiger partial charge in [-0.3, -0.25) is 16.0 Å². The van der Waals surface area contributed by atoms with Gasteiger partial charge < -0.3 is 0 Å². The van der Waals surface area contributed by atoms with Gasteiger partial charge in [-0.1, -0.05) is 13.3 Å². The third kappa shape index (κ3) is 2.17. The van der Waals surface area contributed by atoms with E-state index in [0.29, 0.717) is 5.92 Å². The first-order valence-corrected chi connectivity index (χ1v) is 6.56. The highest BCUT2D eigenvalue weighted by molar-refractivity contribution is 9.10. The Labute approximate surface area is 105 Å². The molecule has 0 spiro atoms. The third-order valence-electron chi connectivity index (χ3n) is 3.62. The lowest BCUT2D eigenvalue weighted by atomic mass is 9.95. The van der Waals surface area contributed by atoms with E-state index in [9.17, 15) is 0 Å². The van der Waals surface area contributed by atoms with Gasteiger partial charge in [0.1, 0.15) is 0 Å². The zero-order chi connectivity index (χ0) is 11.7. The molecule has 0 radical (unpaired) electrons. The number of nitrogens with zero attached hydrogens (tertiary/aromatic N) is 2. The van der Waals surface area contributed by atoms with E-state index < -0.39 is 0 Å². The molecule has 3 N–H and O–H groups in total. The van der Waals surface area contributed by atoms with Gasteiger partial charge in [0.2, 0.25) is 0 Å². The van der Waals surface area contributed by atoms with Gasteiger partial charge in [-0.15, -0.1) is 0 Å². The molecule has 3 atom stereocenters. The van der Waals surface area contributed by atoms with Gasteiger partial charge in [0.25, 0.3) is 0 Å². The number of hydrogen-bond donors (Lipinski definition) is 2. The topological polar surface area (TPSA) is 55.9 Å². The molecule has 0 saturated heterocycles. The Balaban J connectivity index is 2.22. The highest BCUT2D eigenvalue weighted by atomic mass is 79.9.